The van der Waals surface area contributed by atoms with E-state index >= 15 is 13.2 Å². The molecule has 2 saturated heterocycles. The third kappa shape index (κ3) is 4.76. The number of ether oxygens (including phenoxy) is 2. The molecule has 1 unspecified atom stereocenters. The number of rotatable bonds is 8. The fraction of sp³-hybridized carbons (Fsp3) is 0.593. The summed E-state index contributed by atoms with van der Waals surface area (Å²) in [5, 5.41) is 7.21. The van der Waals surface area contributed by atoms with Crippen LogP contribution in [-0.4, -0.2) is 94.5 Å². The number of aryl methyl sites for hydroxylation is 1. The van der Waals surface area contributed by atoms with Crippen molar-refractivity contribution in [2.75, 3.05) is 39.9 Å². The van der Waals surface area contributed by atoms with Gasteiger partial charge in [-0.1, -0.05) is 0 Å². The predicted octanol–water partition coefficient (Wildman–Crippen LogP) is 2.24. The number of pyridine rings is 1. The van der Waals surface area contributed by atoms with Crippen molar-refractivity contribution in [3.05, 3.63) is 41.7 Å². The molecular formula is C27H32F4N6O5. The van der Waals surface area contributed by atoms with Gasteiger partial charge in [-0.05, 0) is 32.3 Å². The van der Waals surface area contributed by atoms with E-state index in [-0.39, 0.29) is 24.1 Å². The first-order valence-corrected chi connectivity index (χ1v) is 13.6. The lowest BCUT2D eigenvalue weighted by Gasteiger charge is -2.37. The highest BCUT2D eigenvalue weighted by Crippen LogP contribution is 2.62. The Kier molecular flexibility index (Phi) is 7.66. The van der Waals surface area contributed by atoms with Crippen molar-refractivity contribution in [1.82, 2.24) is 29.9 Å². The average molecular weight is 597 g/mol. The third-order valence-electron chi connectivity index (χ3n) is 8.61. The van der Waals surface area contributed by atoms with Crippen LogP contribution in [0.4, 0.5) is 17.6 Å². The lowest BCUT2D eigenvalue weighted by atomic mass is 9.67. The van der Waals surface area contributed by atoms with Crippen LogP contribution in [0.15, 0.2) is 24.5 Å². The molecule has 1 N–H and O–H groups in total. The van der Waals surface area contributed by atoms with Crippen molar-refractivity contribution < 1.29 is 41.4 Å². The summed E-state index contributed by atoms with van der Waals surface area (Å²) >= 11 is 0. The summed E-state index contributed by atoms with van der Waals surface area (Å²) in [5.74, 6) is -3.83. The first-order valence-electron chi connectivity index (χ1n) is 13.6. The van der Waals surface area contributed by atoms with Crippen LogP contribution < -0.4 is 10.1 Å². The highest BCUT2D eigenvalue weighted by molar-refractivity contribution is 5.94. The summed E-state index contributed by atoms with van der Waals surface area (Å²) < 4.78 is 72.2. The van der Waals surface area contributed by atoms with E-state index in [0.717, 1.165) is 36.4 Å². The molecule has 5 rings (SSSR count). The molecule has 228 valence electrons. The molecule has 3 atom stereocenters. The molecule has 2 aromatic rings. The normalized spacial score (nSPS) is 25.1. The summed E-state index contributed by atoms with van der Waals surface area (Å²) in [4.78, 5) is 46.3. The van der Waals surface area contributed by atoms with Gasteiger partial charge in [-0.15, -0.1) is 0 Å². The molecule has 1 aliphatic carbocycles. The predicted molar refractivity (Wildman–Crippen MR) is 138 cm³/mol. The summed E-state index contributed by atoms with van der Waals surface area (Å²) in [6, 6.07) is 1.12. The van der Waals surface area contributed by atoms with Gasteiger partial charge in [0.1, 0.15) is 22.6 Å². The first kappa shape index (κ1) is 29.7. The second kappa shape index (κ2) is 10.8. The Bertz CT molecular complexity index is 1380. The largest absolute Gasteiger partial charge is 0.495 e. The van der Waals surface area contributed by atoms with Gasteiger partial charge in [0.25, 0.3) is 5.91 Å². The molecule has 2 aliphatic heterocycles. The van der Waals surface area contributed by atoms with Crippen LogP contribution in [0.3, 0.4) is 0 Å². The minimum absolute atomic E-state index is 0.0217. The second-order valence-electron chi connectivity index (χ2n) is 11.1. The minimum atomic E-state index is -5.02. The molecule has 3 fully saturated rings. The van der Waals surface area contributed by atoms with Crippen LogP contribution >= 0.6 is 0 Å². The molecule has 0 bridgehead atoms. The number of likely N-dealkylation sites (tertiary alicyclic amines) is 2. The number of esters is 1. The maximum absolute atomic E-state index is 15.3. The standard InChI is InChI=1S/C27H32F4N6O5/c1-4-42-24(40)25-12-36(21(19-8-9-35(2)34-19)22(38)33-16-6-5-7-16)14-26(25,27(29,30)31)15-37(13-25)23(39)20-18(28)10-17(41-3)11-32-20/h8-11,16,21H,4-7,12-15H2,1-3H3,(H,33,38)/t21?,25-,26-/m1/s1. The van der Waals surface area contributed by atoms with Gasteiger partial charge in [0.05, 0.1) is 25.6 Å². The molecular weight excluding hydrogens is 564 g/mol. The maximum Gasteiger partial charge on any atom is 0.398 e. The number of methoxy groups -OCH3 is 1. The van der Waals surface area contributed by atoms with Gasteiger partial charge in [-0.25, -0.2) is 9.37 Å². The number of carbonyl (C=O) groups excluding carboxylic acids is 3. The number of halogens is 4. The molecule has 1 saturated carbocycles. The van der Waals surface area contributed by atoms with Gasteiger partial charge >= 0.3 is 12.1 Å². The maximum atomic E-state index is 15.3. The Morgan fingerprint density at radius 3 is 2.48 bits per heavy atom. The van der Waals surface area contributed by atoms with E-state index in [2.05, 4.69) is 15.4 Å². The van der Waals surface area contributed by atoms with Crippen molar-refractivity contribution in [3.63, 3.8) is 0 Å². The SMILES string of the molecule is CCOC(=O)[C@@]12CN(C(=O)c3ncc(OC)cc3F)C[C@]1(C(F)(F)F)CN(C(C(=O)NC1CCC1)c1ccn(C)n1)C2. The fourth-order valence-corrected chi connectivity index (χ4v) is 6.27. The highest BCUT2D eigenvalue weighted by Gasteiger charge is 2.79. The van der Waals surface area contributed by atoms with Gasteiger partial charge in [-0.3, -0.25) is 24.0 Å². The molecule has 0 aromatic carbocycles. The Morgan fingerprint density at radius 1 is 1.19 bits per heavy atom. The van der Waals surface area contributed by atoms with Crippen LogP contribution in [-0.2, 0) is 21.4 Å². The summed E-state index contributed by atoms with van der Waals surface area (Å²) in [6.07, 6.45) is 0.0785. The number of hydrogen-bond donors (Lipinski definition) is 1. The monoisotopic (exact) mass is 596 g/mol. The van der Waals surface area contributed by atoms with Crippen LogP contribution in [0, 0.1) is 16.6 Å². The van der Waals surface area contributed by atoms with E-state index in [1.807, 2.05) is 0 Å². The number of nitrogens with one attached hydrogen (secondary N) is 1. The zero-order valence-electron chi connectivity index (χ0n) is 23.4. The van der Waals surface area contributed by atoms with Crippen LogP contribution in [0.1, 0.15) is 48.4 Å². The Balaban J connectivity index is 1.55. The molecule has 15 heteroatoms. The zero-order valence-corrected chi connectivity index (χ0v) is 23.4. The van der Waals surface area contributed by atoms with Gasteiger partial charge < -0.3 is 19.7 Å². The molecule has 0 radical (unpaired) electrons. The molecule has 11 nitrogen and oxygen atoms in total. The Labute approximate surface area is 239 Å². The van der Waals surface area contributed by atoms with Crippen molar-refractivity contribution >= 4 is 17.8 Å². The summed E-state index contributed by atoms with van der Waals surface area (Å²) in [6.45, 7) is -1.76. The lowest BCUT2D eigenvalue weighted by molar-refractivity contribution is -0.242. The van der Waals surface area contributed by atoms with Crippen LogP contribution in [0.5, 0.6) is 5.75 Å². The van der Waals surface area contributed by atoms with E-state index in [4.69, 9.17) is 9.47 Å². The van der Waals surface area contributed by atoms with E-state index in [1.54, 1.807) is 19.3 Å². The summed E-state index contributed by atoms with van der Waals surface area (Å²) in [5.41, 5.74) is -5.60. The summed E-state index contributed by atoms with van der Waals surface area (Å²) in [7, 11) is 2.89. The van der Waals surface area contributed by atoms with Gasteiger partial charge in [-0.2, -0.15) is 18.3 Å². The number of aromatic nitrogens is 3. The number of alkyl halides is 3. The van der Waals surface area contributed by atoms with Crippen molar-refractivity contribution in [1.29, 1.82) is 0 Å². The van der Waals surface area contributed by atoms with E-state index < -0.39 is 78.5 Å². The number of nitrogens with zero attached hydrogens (tertiary/aromatic N) is 5. The van der Waals surface area contributed by atoms with Crippen molar-refractivity contribution in [2.24, 2.45) is 17.9 Å². The quantitative estimate of drug-likeness (QED) is 0.364. The van der Waals surface area contributed by atoms with Crippen molar-refractivity contribution in [3.8, 4) is 5.75 Å². The molecule has 3 aliphatic rings. The highest BCUT2D eigenvalue weighted by atomic mass is 19.4. The topological polar surface area (TPSA) is 119 Å². The number of carbonyl (C=O) groups is 3. The molecule has 2 amide bonds. The zero-order chi connectivity index (χ0) is 30.4. The van der Waals surface area contributed by atoms with E-state index in [9.17, 15) is 18.8 Å². The van der Waals surface area contributed by atoms with Crippen LogP contribution in [0.2, 0.25) is 0 Å². The van der Waals surface area contributed by atoms with E-state index in [0.29, 0.717) is 0 Å². The fourth-order valence-electron chi connectivity index (χ4n) is 6.27. The van der Waals surface area contributed by atoms with Crippen LogP contribution in [0.25, 0.3) is 0 Å². The van der Waals surface area contributed by atoms with Gasteiger partial charge in [0, 0.05) is 51.5 Å². The molecule has 0 spiro atoms. The molecule has 42 heavy (non-hydrogen) atoms. The Hall–Kier alpha value is -3.75. The second-order valence-corrected chi connectivity index (χ2v) is 11.1. The van der Waals surface area contributed by atoms with Gasteiger partial charge in [0.15, 0.2) is 11.5 Å². The number of fused-ring (bicyclic) bond motifs is 1. The molecule has 2 aromatic heterocycles. The number of hydrogen-bond acceptors (Lipinski definition) is 8. The minimum Gasteiger partial charge on any atom is -0.495 e. The van der Waals surface area contributed by atoms with Crippen molar-refractivity contribution in [2.45, 2.75) is 44.4 Å². The third-order valence-corrected chi connectivity index (χ3v) is 8.61. The smallest absolute Gasteiger partial charge is 0.398 e. The van der Waals surface area contributed by atoms with E-state index in [1.165, 1.54) is 23.6 Å². The lowest BCUT2D eigenvalue weighted by Crippen LogP contribution is -2.55. The first-order chi connectivity index (χ1) is 19.9. The molecule has 4 heterocycles. The van der Waals surface area contributed by atoms with Gasteiger partial charge in [0.2, 0.25) is 5.91 Å². The number of amides is 2. The Morgan fingerprint density at radius 2 is 1.93 bits per heavy atom. The average Bonchev–Trinajstić information content (AvgIpc) is 3.57.